The predicted molar refractivity (Wildman–Crippen MR) is 64.4 cm³/mol. The molecule has 1 aliphatic heterocycles. The van der Waals surface area contributed by atoms with E-state index in [1.54, 1.807) is 0 Å². The van der Waals surface area contributed by atoms with Crippen molar-refractivity contribution in [1.82, 2.24) is 0 Å². The van der Waals surface area contributed by atoms with Crippen LogP contribution in [0.25, 0.3) is 0 Å². The quantitative estimate of drug-likeness (QED) is 0.774. The maximum atomic E-state index is 12.3. The zero-order valence-electron chi connectivity index (χ0n) is 10.5. The van der Waals surface area contributed by atoms with Gasteiger partial charge >= 0.3 is 17.7 Å². The summed E-state index contributed by atoms with van der Waals surface area (Å²) in [5, 5.41) is 0. The fourth-order valence-corrected chi connectivity index (χ4v) is 2.39. The molecule has 114 valence electrons. The fourth-order valence-electron chi connectivity index (χ4n) is 1.67. The first-order chi connectivity index (χ1) is 9.82. The molecule has 0 aromatic heterocycles. The number of rotatable bonds is 4. The van der Waals surface area contributed by atoms with Crippen molar-refractivity contribution in [3.63, 3.8) is 0 Å². The summed E-state index contributed by atoms with van der Waals surface area (Å²) in [5.41, 5.74) is -0.0529. The predicted octanol–water partition coefficient (Wildman–Crippen LogP) is 1.16. The van der Waals surface area contributed by atoms with E-state index < -0.39 is 38.5 Å². The molecule has 1 aromatic carbocycles. The van der Waals surface area contributed by atoms with Gasteiger partial charge < -0.3 is 9.47 Å². The molecule has 1 aliphatic rings. The molecule has 0 bridgehead atoms. The molecule has 0 N–H and O–H groups in total. The van der Waals surface area contributed by atoms with Crippen LogP contribution < -0.4 is 0 Å². The first kappa shape index (κ1) is 15.4. The Balaban J connectivity index is 2.12. The van der Waals surface area contributed by atoms with E-state index in [0.717, 1.165) is 24.3 Å². The van der Waals surface area contributed by atoms with Crippen molar-refractivity contribution in [2.75, 3.05) is 6.61 Å². The second-order valence-electron chi connectivity index (χ2n) is 4.18. The van der Waals surface area contributed by atoms with Gasteiger partial charge in [-0.15, -0.1) is 0 Å². The highest BCUT2D eigenvalue weighted by atomic mass is 32.2. The Labute approximate surface area is 118 Å². The Morgan fingerprint density at radius 2 is 1.90 bits per heavy atom. The molecule has 0 amide bonds. The lowest BCUT2D eigenvalue weighted by atomic mass is 10.2. The van der Waals surface area contributed by atoms with Crippen LogP contribution in [0.15, 0.2) is 29.2 Å². The lowest BCUT2D eigenvalue weighted by molar-refractivity contribution is -0.145. The molecule has 0 unspecified atom stereocenters. The number of carbonyl (C=O) groups is 2. The standard InChI is InChI=1S/C12H10F2O6S/c13-12(14)21(17,18)8-3-1-7(2-4-8)10(15)20-9-5-6-19-11(9)16/h1-4,9,12H,5-6H2/t9-/m1/s1. The Morgan fingerprint density at radius 1 is 1.29 bits per heavy atom. The summed E-state index contributed by atoms with van der Waals surface area (Å²) in [7, 11) is -4.71. The SMILES string of the molecule is O=C(O[C@@H]1CCOC1=O)c1ccc(S(=O)(=O)C(F)F)cc1. The van der Waals surface area contributed by atoms with Gasteiger partial charge in [-0.2, -0.15) is 8.78 Å². The molecule has 1 saturated heterocycles. The van der Waals surface area contributed by atoms with Crippen LogP contribution >= 0.6 is 0 Å². The monoisotopic (exact) mass is 320 g/mol. The molecule has 1 aromatic rings. The van der Waals surface area contributed by atoms with Crippen LogP contribution in [-0.4, -0.2) is 38.8 Å². The molecular formula is C12H10F2O6S. The van der Waals surface area contributed by atoms with E-state index >= 15 is 0 Å². The van der Waals surface area contributed by atoms with E-state index in [1.165, 1.54) is 0 Å². The lowest BCUT2D eigenvalue weighted by Gasteiger charge is -2.09. The highest BCUT2D eigenvalue weighted by Crippen LogP contribution is 2.19. The largest absolute Gasteiger partial charge is 0.463 e. The number of esters is 2. The van der Waals surface area contributed by atoms with E-state index in [4.69, 9.17) is 4.74 Å². The van der Waals surface area contributed by atoms with Gasteiger partial charge in [0.2, 0.25) is 15.9 Å². The van der Waals surface area contributed by atoms with Crippen LogP contribution in [0.4, 0.5) is 8.78 Å². The number of ether oxygens (including phenoxy) is 2. The summed E-state index contributed by atoms with van der Waals surface area (Å²) >= 11 is 0. The van der Waals surface area contributed by atoms with Crippen LogP contribution in [0.5, 0.6) is 0 Å². The Kier molecular flexibility index (Phi) is 4.21. The van der Waals surface area contributed by atoms with Crippen molar-refractivity contribution in [2.45, 2.75) is 23.2 Å². The van der Waals surface area contributed by atoms with Gasteiger partial charge in [0.05, 0.1) is 17.1 Å². The van der Waals surface area contributed by atoms with Crippen molar-refractivity contribution in [2.24, 2.45) is 0 Å². The first-order valence-electron chi connectivity index (χ1n) is 5.82. The number of carbonyl (C=O) groups excluding carboxylic acids is 2. The minimum atomic E-state index is -4.71. The molecule has 0 aliphatic carbocycles. The summed E-state index contributed by atoms with van der Waals surface area (Å²) in [6.07, 6.45) is -0.760. The van der Waals surface area contributed by atoms with Crippen LogP contribution in [0.3, 0.4) is 0 Å². The minimum Gasteiger partial charge on any atom is -0.463 e. The smallest absolute Gasteiger partial charge is 0.347 e. The molecular weight excluding hydrogens is 310 g/mol. The molecule has 1 heterocycles. The molecule has 2 rings (SSSR count). The van der Waals surface area contributed by atoms with Gasteiger partial charge in [-0.05, 0) is 24.3 Å². The number of hydrogen-bond donors (Lipinski definition) is 0. The average molecular weight is 320 g/mol. The maximum Gasteiger partial charge on any atom is 0.347 e. The van der Waals surface area contributed by atoms with Gasteiger partial charge in [0.1, 0.15) is 0 Å². The summed E-state index contributed by atoms with van der Waals surface area (Å²) in [6, 6.07) is 3.84. The third-order valence-corrected chi connectivity index (χ3v) is 4.19. The molecule has 6 nitrogen and oxygen atoms in total. The third kappa shape index (κ3) is 3.18. The number of alkyl halides is 2. The Hall–Kier alpha value is -2.03. The summed E-state index contributed by atoms with van der Waals surface area (Å²) < 4.78 is 56.6. The van der Waals surface area contributed by atoms with Crippen molar-refractivity contribution in [3.8, 4) is 0 Å². The van der Waals surface area contributed by atoms with Crippen molar-refractivity contribution < 1.29 is 36.3 Å². The van der Waals surface area contributed by atoms with E-state index in [-0.39, 0.29) is 18.6 Å². The number of sulfone groups is 1. The van der Waals surface area contributed by atoms with Crippen molar-refractivity contribution >= 4 is 21.8 Å². The van der Waals surface area contributed by atoms with Gasteiger partial charge in [0.15, 0.2) is 0 Å². The van der Waals surface area contributed by atoms with Crippen LogP contribution in [-0.2, 0) is 24.1 Å². The van der Waals surface area contributed by atoms with E-state index in [9.17, 15) is 26.8 Å². The Morgan fingerprint density at radius 3 is 2.38 bits per heavy atom. The topological polar surface area (TPSA) is 86.7 Å². The van der Waals surface area contributed by atoms with Gasteiger partial charge in [0, 0.05) is 6.42 Å². The summed E-state index contributed by atoms with van der Waals surface area (Å²) in [6.45, 7) is 0.155. The van der Waals surface area contributed by atoms with E-state index in [0.29, 0.717) is 0 Å². The van der Waals surface area contributed by atoms with Gasteiger partial charge in [-0.25, -0.2) is 18.0 Å². The second kappa shape index (κ2) is 5.76. The summed E-state index contributed by atoms with van der Waals surface area (Å²) in [4.78, 5) is 22.3. The Bertz CT molecular complexity index is 653. The second-order valence-corrected chi connectivity index (χ2v) is 6.10. The van der Waals surface area contributed by atoms with Gasteiger partial charge in [-0.1, -0.05) is 0 Å². The fraction of sp³-hybridized carbons (Fsp3) is 0.333. The summed E-state index contributed by atoms with van der Waals surface area (Å²) in [5.74, 6) is -5.05. The number of benzene rings is 1. The molecule has 9 heteroatoms. The highest BCUT2D eigenvalue weighted by molar-refractivity contribution is 7.91. The number of cyclic esters (lactones) is 1. The third-order valence-electron chi connectivity index (χ3n) is 2.79. The number of hydrogen-bond acceptors (Lipinski definition) is 6. The van der Waals surface area contributed by atoms with Crippen molar-refractivity contribution in [3.05, 3.63) is 29.8 Å². The molecule has 1 atom stereocenters. The maximum absolute atomic E-state index is 12.3. The highest BCUT2D eigenvalue weighted by Gasteiger charge is 2.31. The van der Waals surface area contributed by atoms with Gasteiger partial charge in [-0.3, -0.25) is 0 Å². The number of halogens is 2. The molecule has 1 fully saturated rings. The molecule has 0 radical (unpaired) electrons. The average Bonchev–Trinajstić information content (AvgIpc) is 2.84. The zero-order chi connectivity index (χ0) is 15.6. The van der Waals surface area contributed by atoms with Crippen LogP contribution in [0, 0.1) is 0 Å². The van der Waals surface area contributed by atoms with Crippen molar-refractivity contribution in [1.29, 1.82) is 0 Å². The van der Waals surface area contributed by atoms with E-state index in [1.807, 2.05) is 0 Å². The zero-order valence-corrected chi connectivity index (χ0v) is 11.3. The first-order valence-corrected chi connectivity index (χ1v) is 7.37. The molecule has 21 heavy (non-hydrogen) atoms. The van der Waals surface area contributed by atoms with E-state index in [2.05, 4.69) is 4.74 Å². The van der Waals surface area contributed by atoms with Gasteiger partial charge in [0.25, 0.3) is 0 Å². The molecule has 0 saturated carbocycles. The van der Waals surface area contributed by atoms with Crippen LogP contribution in [0.2, 0.25) is 0 Å². The lowest BCUT2D eigenvalue weighted by Crippen LogP contribution is -2.22. The van der Waals surface area contributed by atoms with Crippen LogP contribution in [0.1, 0.15) is 16.8 Å². The molecule has 0 spiro atoms. The minimum absolute atomic E-state index is 0.0529. The normalized spacial score (nSPS) is 18.6.